The number of aromatic nitrogens is 7. The van der Waals surface area contributed by atoms with Crippen LogP contribution in [0.15, 0.2) is 145 Å². The highest BCUT2D eigenvalue weighted by atomic mass is 127. The van der Waals surface area contributed by atoms with Crippen molar-refractivity contribution in [3.05, 3.63) is 202 Å². The first-order valence-electron chi connectivity index (χ1n) is 38.9. The molecule has 3 aliphatic rings. The molecule has 0 aliphatic carbocycles. The number of aryl methyl sites for hydroxylation is 1. The number of furan rings is 4. The molecule has 3 amide bonds. The van der Waals surface area contributed by atoms with Gasteiger partial charge in [-0.3, -0.25) is 14.4 Å². The van der Waals surface area contributed by atoms with Gasteiger partial charge in [0.15, 0.2) is 60.9 Å². The number of amides is 3. The minimum absolute atomic E-state index is 0. The summed E-state index contributed by atoms with van der Waals surface area (Å²) in [7, 11) is 14.0. The maximum Gasteiger partial charge on any atom is 0.526 e. The second-order valence-electron chi connectivity index (χ2n) is 29.5. The van der Waals surface area contributed by atoms with E-state index in [0.29, 0.717) is 126 Å². The highest BCUT2D eigenvalue weighted by molar-refractivity contribution is 14.1. The largest absolute Gasteiger partial charge is 0.526 e. The number of halogens is 9. The zero-order valence-corrected chi connectivity index (χ0v) is 77.6. The number of nitrogens with zero attached hydrogens (tertiary/aromatic N) is 12. The molecule has 3 saturated heterocycles. The van der Waals surface area contributed by atoms with Crippen LogP contribution in [0.4, 0.5) is 17.6 Å². The van der Waals surface area contributed by atoms with Gasteiger partial charge in [-0.15, -0.1) is 0 Å². The lowest BCUT2D eigenvalue weighted by atomic mass is 9.78. The lowest BCUT2D eigenvalue weighted by Crippen LogP contribution is -2.41. The van der Waals surface area contributed by atoms with E-state index < -0.39 is 48.7 Å². The van der Waals surface area contributed by atoms with Crippen molar-refractivity contribution >= 4 is 177 Å². The summed E-state index contributed by atoms with van der Waals surface area (Å²) < 4.78 is 129. The Hall–Kier alpha value is -10.6. The van der Waals surface area contributed by atoms with Crippen molar-refractivity contribution in [3.8, 4) is 69.2 Å². The fourth-order valence-electron chi connectivity index (χ4n) is 12.3. The van der Waals surface area contributed by atoms with Gasteiger partial charge in [0.05, 0.1) is 110 Å². The summed E-state index contributed by atoms with van der Waals surface area (Å²) in [5, 5.41) is 36.4. The van der Waals surface area contributed by atoms with Crippen molar-refractivity contribution < 1.29 is 97.4 Å². The second-order valence-corrected chi connectivity index (χ2v) is 32.5. The van der Waals surface area contributed by atoms with E-state index in [9.17, 15) is 38.1 Å². The Morgan fingerprint density at radius 1 is 0.570 bits per heavy atom. The highest BCUT2D eigenvalue weighted by Crippen LogP contribution is 2.42. The van der Waals surface area contributed by atoms with Gasteiger partial charge in [0.25, 0.3) is 17.7 Å². The molecule has 42 heteroatoms. The van der Waals surface area contributed by atoms with Gasteiger partial charge in [-0.1, -0.05) is 54.4 Å². The van der Waals surface area contributed by atoms with Crippen molar-refractivity contribution in [1.29, 1.82) is 11.9 Å². The van der Waals surface area contributed by atoms with Crippen LogP contribution in [0, 0.1) is 56.6 Å². The van der Waals surface area contributed by atoms with Gasteiger partial charge in [0.2, 0.25) is 0 Å². The van der Waals surface area contributed by atoms with Crippen molar-refractivity contribution in [1.82, 2.24) is 49.6 Å². The van der Waals surface area contributed by atoms with Crippen LogP contribution in [0.5, 0.6) is 23.0 Å². The number of nitriles is 2. The fourth-order valence-corrected chi connectivity index (χ4v) is 13.6. The molecule has 14 heterocycles. The van der Waals surface area contributed by atoms with Crippen LogP contribution >= 0.6 is 82.4 Å². The normalized spacial score (nSPS) is 13.8. The molecule has 29 nitrogen and oxygen atoms in total. The van der Waals surface area contributed by atoms with Gasteiger partial charge >= 0.3 is 14.2 Å². The molecule has 3 fully saturated rings. The molecule has 128 heavy (non-hydrogen) atoms. The third-order valence-electron chi connectivity index (χ3n) is 19.6. The minimum Gasteiger partial charge on any atom is -0.494 e. The quantitative estimate of drug-likeness (QED) is 0.0336. The van der Waals surface area contributed by atoms with Crippen LogP contribution in [0.2, 0.25) is 15.1 Å². The molecular formula is C86H86B3BrCl3F4IN12O17P. The fraction of sp³-hybridized carbons (Fsp3) is 0.302. The molecular weight excluding hydrogens is 1930 g/mol. The van der Waals surface area contributed by atoms with Crippen LogP contribution in [-0.4, -0.2) is 207 Å². The number of methoxy groups -OCH3 is 2. The first kappa shape index (κ1) is 99.6. The molecule has 2 aromatic carbocycles. The van der Waals surface area contributed by atoms with Crippen molar-refractivity contribution in [2.75, 3.05) is 82.9 Å². The molecule has 1 radical (unpaired) electrons. The zero-order valence-electron chi connectivity index (χ0n) is 71.5. The van der Waals surface area contributed by atoms with Gasteiger partial charge in [-0.25, -0.2) is 52.4 Å². The lowest BCUT2D eigenvalue weighted by molar-refractivity contribution is 0.00578. The van der Waals surface area contributed by atoms with Crippen LogP contribution < -0.4 is 30.1 Å². The summed E-state index contributed by atoms with van der Waals surface area (Å²) in [4.78, 5) is 68.5. The molecule has 1 unspecified atom stereocenters. The summed E-state index contributed by atoms with van der Waals surface area (Å²) in [5.74, 6) is -0.682. The van der Waals surface area contributed by atoms with E-state index in [0.717, 1.165) is 66.1 Å². The molecule has 11 aromatic heterocycles. The third-order valence-corrected chi connectivity index (χ3v) is 22.0. The third kappa shape index (κ3) is 24.3. The Morgan fingerprint density at radius 2 is 0.961 bits per heavy atom. The number of carbonyl (C=O) groups is 3. The number of hydrogen-bond donors (Lipinski definition) is 2. The van der Waals surface area contributed by atoms with E-state index >= 15 is 4.39 Å². The molecule has 1 atom stereocenters. The SMILES string of the molecule is C.CC1(C)OB(c2ccc(OC3CCOCC3)c(C#N)c2)OC1(C)C.COc1cc(C(=O)N(C)C)cnc1-c1cc2ncc(F)c(-c3ccc(OC4CCOCC4)c(C#N)c3)c2o1.COc1cc(C(=O)N(C)C)cnc1-c1cc2ncc(F)c(Cl)c2o1.Cc1cc(C(=O)N(C)C)cnc1Br.Fc1cnc2cc(I)oc2c1Cl.OB(O)c1cc2ncc(F)c(Cl)c2o1.[2H][B]P. The predicted octanol–water partition coefficient (Wildman–Crippen LogP) is 16.3. The number of fused-ring (bicyclic) bond motifs is 4. The number of benzene rings is 2. The molecule has 13 aromatic rings. The van der Waals surface area contributed by atoms with Crippen LogP contribution in [0.1, 0.15) is 109 Å². The first-order chi connectivity index (χ1) is 60.8. The van der Waals surface area contributed by atoms with E-state index in [1.807, 2.05) is 75.4 Å². The van der Waals surface area contributed by atoms with Gasteiger partial charge in [0.1, 0.15) is 114 Å². The number of ether oxygens (including phenoxy) is 6. The molecule has 2 N–H and O–H groups in total. The lowest BCUT2D eigenvalue weighted by Gasteiger charge is -2.32. The summed E-state index contributed by atoms with van der Waals surface area (Å²) in [6, 6.07) is 26.0. The highest BCUT2D eigenvalue weighted by Gasteiger charge is 2.52. The topological polar surface area (TPSA) is 366 Å². The van der Waals surface area contributed by atoms with Gasteiger partial charge < -0.3 is 80.1 Å². The summed E-state index contributed by atoms with van der Waals surface area (Å²) >= 11 is 22.3. The maximum atomic E-state index is 15.2. The molecule has 669 valence electrons. The van der Waals surface area contributed by atoms with Crippen LogP contribution in [0.25, 0.3) is 78.4 Å². The van der Waals surface area contributed by atoms with E-state index in [1.165, 1.54) is 54.9 Å². The smallest absolute Gasteiger partial charge is 0.494 e. The standard InChI is InChI=1S/C28H25FN4O5.C18H24BNO4.C16H13ClFN3O3.C9H11BrN2O.C7H4BClFNO3.C7H2ClFINO.CH4.BH3P/c1-33(2)28(34)18-11-23(35-3)26(32-14-18)24-12-21-27(38-24)25(20(29)15-31-21)16-4-5-22(17(10-16)13-30)37-19-6-8-36-9-7-19;1-17(2)18(3,4)24-19(23-17)14-5-6-16(13(11-14)12-20)22-15-7-9-21-10-8-15;1-21(2)16(22)8-4-11(23-3)14(20-6-8)12-5-10-15(24-12)13(17)9(18)7-19-10;1-6-4-7(5-11-8(6)10)9(13)12(2)3;9-6-3(10)2-11-4-1-5(8(12)13)14-7(4)6;8-6-3(9)2-11-4-1-5(10)12-7(4)6;;1-2/h4-5,10-12,14-15,19H,6-9H2,1-3H3;5-6,11,15H,7-10H2,1-4H3;4-7H,1-3H3;4-5H,1-3H3;1-2,12-13H;1-2H;1H4;1H,2H2/i;;;;;;;1D. The Balaban J connectivity index is 0.000000182. The van der Waals surface area contributed by atoms with E-state index in [1.54, 1.807) is 103 Å². The van der Waals surface area contributed by atoms with Crippen LogP contribution in [-0.2, 0) is 18.8 Å². The molecule has 0 saturated carbocycles. The molecule has 0 bridgehead atoms. The van der Waals surface area contributed by atoms with Crippen molar-refractivity contribution in [2.24, 2.45) is 0 Å². The average molecular weight is 2010 g/mol. The Bertz CT molecular complexity index is 6270. The first-order valence-corrected chi connectivity index (χ1v) is 42.0. The molecule has 16 rings (SSSR count). The monoisotopic (exact) mass is 2010 g/mol. The number of carbonyl (C=O) groups excluding carboxylic acids is 3. The Morgan fingerprint density at radius 3 is 1.40 bits per heavy atom. The van der Waals surface area contributed by atoms with Crippen molar-refractivity contribution in [3.63, 3.8) is 0 Å². The second kappa shape index (κ2) is 45.1. The van der Waals surface area contributed by atoms with Gasteiger partial charge in [-0.05, 0) is 134 Å². The van der Waals surface area contributed by atoms with Crippen molar-refractivity contribution in [2.45, 2.75) is 91.1 Å². The maximum absolute atomic E-state index is 15.2. The Kier molecular flexibility index (Phi) is 35.1. The summed E-state index contributed by atoms with van der Waals surface area (Å²) in [6.45, 7) is 12.6. The predicted molar refractivity (Wildman–Crippen MR) is 493 cm³/mol. The summed E-state index contributed by atoms with van der Waals surface area (Å²) in [5.41, 5.74) is 6.60. The molecule has 0 spiro atoms. The number of pyridine rings is 7. The Labute approximate surface area is 776 Å². The van der Waals surface area contributed by atoms with E-state index in [2.05, 4.69) is 72.1 Å². The zero-order chi connectivity index (χ0) is 93.3. The molecule has 3 aliphatic heterocycles. The summed E-state index contributed by atoms with van der Waals surface area (Å²) in [6.07, 6.45) is 11.8. The van der Waals surface area contributed by atoms with Crippen LogP contribution in [0.3, 0.4) is 0 Å². The average Bonchev–Trinajstić information content (AvgIpc) is 1.64. The van der Waals surface area contributed by atoms with Gasteiger partial charge in [0, 0.05) is 111 Å². The van der Waals surface area contributed by atoms with Gasteiger partial charge in [-0.2, -0.15) is 19.6 Å². The number of rotatable bonds is 14. The minimum atomic E-state index is -1.76. The van der Waals surface area contributed by atoms with E-state index in [4.69, 9.17) is 102 Å². The number of hydrogen-bond acceptors (Lipinski definition) is 26. The van der Waals surface area contributed by atoms with E-state index in [-0.39, 0.29) is 91.5 Å².